The fraction of sp³-hybridized carbons (Fsp3) is 0.286. The Balaban J connectivity index is 2.33. The number of furan rings is 1. The van der Waals surface area contributed by atoms with Gasteiger partial charge in [-0.25, -0.2) is 0 Å². The average molecular weight is 295 g/mol. The molecule has 1 aromatic heterocycles. The Morgan fingerprint density at radius 2 is 1.90 bits per heavy atom. The molecule has 0 unspecified atom stereocenters. The van der Waals surface area contributed by atoms with Crippen LogP contribution in [0.25, 0.3) is 0 Å². The number of rotatable bonds is 5. The lowest BCUT2D eigenvalue weighted by molar-refractivity contribution is 0.236. The second kappa shape index (κ2) is 5.68. The fourth-order valence-corrected chi connectivity index (χ4v) is 2.92. The molecule has 0 atom stereocenters. The van der Waals surface area contributed by atoms with E-state index in [1.54, 1.807) is 12.1 Å². The minimum Gasteiger partial charge on any atom is -0.445 e. The highest BCUT2D eigenvalue weighted by atomic mass is 32.2. The fourth-order valence-electron chi connectivity index (χ4n) is 1.88. The summed E-state index contributed by atoms with van der Waals surface area (Å²) < 4.78 is 32.0. The first-order chi connectivity index (χ1) is 9.44. The van der Waals surface area contributed by atoms with E-state index in [0.29, 0.717) is 5.69 Å². The van der Waals surface area contributed by atoms with Gasteiger partial charge in [-0.2, -0.15) is 8.42 Å². The van der Waals surface area contributed by atoms with Gasteiger partial charge in [-0.15, -0.1) is 0 Å². The Hall–Kier alpha value is -1.79. The molecule has 0 saturated carbocycles. The highest BCUT2D eigenvalue weighted by molar-refractivity contribution is 7.92. The number of nitrogens with one attached hydrogen (secondary N) is 1. The second-order valence-electron chi connectivity index (χ2n) is 4.73. The maximum Gasteiger partial charge on any atom is 0.295 e. The van der Waals surface area contributed by atoms with Crippen LogP contribution in [-0.4, -0.2) is 13.5 Å². The molecule has 0 bridgehead atoms. The van der Waals surface area contributed by atoms with Gasteiger partial charge in [0.2, 0.25) is 5.09 Å². The van der Waals surface area contributed by atoms with Crippen LogP contribution in [0, 0.1) is 0 Å². The monoisotopic (exact) mass is 295 g/mol. The van der Waals surface area contributed by atoms with Gasteiger partial charge in [-0.1, -0.05) is 32.0 Å². The molecule has 0 spiro atoms. The molecule has 0 aliphatic rings. The summed E-state index contributed by atoms with van der Waals surface area (Å²) in [6.07, 6.45) is 0. The summed E-state index contributed by atoms with van der Waals surface area (Å²) in [7, 11) is -3.79. The van der Waals surface area contributed by atoms with Crippen molar-refractivity contribution in [3.63, 3.8) is 0 Å². The lowest BCUT2D eigenvalue weighted by Crippen LogP contribution is -2.13. The molecule has 2 N–H and O–H groups in total. The smallest absolute Gasteiger partial charge is 0.295 e. The summed E-state index contributed by atoms with van der Waals surface area (Å²) in [6, 6.07) is 9.98. The van der Waals surface area contributed by atoms with Crippen molar-refractivity contribution in [2.75, 3.05) is 4.72 Å². The number of para-hydroxylation sites is 1. The predicted molar refractivity (Wildman–Crippen MR) is 76.0 cm³/mol. The molecular formula is C14H17NO4S. The van der Waals surface area contributed by atoms with E-state index in [1.807, 2.05) is 26.0 Å². The van der Waals surface area contributed by atoms with E-state index in [0.717, 1.165) is 5.56 Å². The van der Waals surface area contributed by atoms with Gasteiger partial charge in [0.25, 0.3) is 10.0 Å². The van der Waals surface area contributed by atoms with Crippen molar-refractivity contribution in [3.05, 3.63) is 47.7 Å². The van der Waals surface area contributed by atoms with Crippen molar-refractivity contribution < 1.29 is 17.9 Å². The summed E-state index contributed by atoms with van der Waals surface area (Å²) in [5.74, 6) is 0.404. The van der Waals surface area contributed by atoms with Gasteiger partial charge in [0, 0.05) is 0 Å². The van der Waals surface area contributed by atoms with E-state index in [-0.39, 0.29) is 23.4 Å². The molecule has 1 aromatic carbocycles. The Morgan fingerprint density at radius 3 is 2.50 bits per heavy atom. The van der Waals surface area contributed by atoms with Gasteiger partial charge in [-0.05, 0) is 29.7 Å². The number of hydrogen-bond donors (Lipinski definition) is 2. The van der Waals surface area contributed by atoms with Crippen molar-refractivity contribution >= 4 is 15.7 Å². The molecule has 1 heterocycles. The van der Waals surface area contributed by atoms with Gasteiger partial charge >= 0.3 is 0 Å². The summed E-state index contributed by atoms with van der Waals surface area (Å²) in [5, 5.41) is 8.71. The van der Waals surface area contributed by atoms with Gasteiger partial charge in [0.1, 0.15) is 12.4 Å². The van der Waals surface area contributed by atoms with E-state index < -0.39 is 10.0 Å². The Bertz CT molecular complexity index is 689. The minimum atomic E-state index is -3.79. The van der Waals surface area contributed by atoms with Gasteiger partial charge in [0.05, 0.1) is 5.69 Å². The minimum absolute atomic E-state index is 0.193. The van der Waals surface area contributed by atoms with E-state index in [9.17, 15) is 8.42 Å². The zero-order valence-corrected chi connectivity index (χ0v) is 12.1. The molecule has 5 nitrogen and oxygen atoms in total. The highest BCUT2D eigenvalue weighted by Gasteiger charge is 2.20. The van der Waals surface area contributed by atoms with Crippen LogP contribution in [0.2, 0.25) is 0 Å². The van der Waals surface area contributed by atoms with Crippen LogP contribution in [0.5, 0.6) is 0 Å². The van der Waals surface area contributed by atoms with Crippen LogP contribution in [0.15, 0.2) is 45.9 Å². The zero-order chi connectivity index (χ0) is 14.8. The first-order valence-electron chi connectivity index (χ1n) is 6.25. The van der Waals surface area contributed by atoms with Crippen LogP contribution >= 0.6 is 0 Å². The second-order valence-corrected chi connectivity index (χ2v) is 6.34. The maximum atomic E-state index is 12.2. The van der Waals surface area contributed by atoms with Crippen molar-refractivity contribution in [2.24, 2.45) is 0 Å². The molecular weight excluding hydrogens is 278 g/mol. The van der Waals surface area contributed by atoms with Crippen molar-refractivity contribution in [2.45, 2.75) is 31.5 Å². The molecule has 0 aliphatic carbocycles. The summed E-state index contributed by atoms with van der Waals surface area (Å²) in [6.45, 7) is 3.64. The zero-order valence-electron chi connectivity index (χ0n) is 11.3. The first kappa shape index (κ1) is 14.6. The number of aliphatic hydroxyl groups is 1. The molecule has 108 valence electrons. The number of sulfonamides is 1. The summed E-state index contributed by atoms with van der Waals surface area (Å²) in [4.78, 5) is 0. The molecule has 0 amide bonds. The quantitative estimate of drug-likeness (QED) is 0.888. The molecule has 2 rings (SSSR count). The maximum absolute atomic E-state index is 12.2. The van der Waals surface area contributed by atoms with Crippen LogP contribution < -0.4 is 4.72 Å². The third kappa shape index (κ3) is 3.02. The third-order valence-electron chi connectivity index (χ3n) is 2.88. The molecule has 20 heavy (non-hydrogen) atoms. The van der Waals surface area contributed by atoms with E-state index >= 15 is 0 Å². The average Bonchev–Trinajstić information content (AvgIpc) is 2.88. The van der Waals surface area contributed by atoms with Gasteiger partial charge in [-0.3, -0.25) is 4.72 Å². The van der Waals surface area contributed by atoms with Crippen LogP contribution in [-0.2, 0) is 16.6 Å². The summed E-state index contributed by atoms with van der Waals surface area (Å²) in [5.41, 5.74) is 1.44. The molecule has 0 saturated heterocycles. The SMILES string of the molecule is CC(C)c1ccccc1NS(=O)(=O)c1ccc(CO)o1. The van der Waals surface area contributed by atoms with Crippen LogP contribution in [0.1, 0.15) is 31.1 Å². The highest BCUT2D eigenvalue weighted by Crippen LogP contribution is 2.26. The van der Waals surface area contributed by atoms with E-state index in [2.05, 4.69) is 4.72 Å². The first-order valence-corrected chi connectivity index (χ1v) is 7.73. The van der Waals surface area contributed by atoms with Crippen LogP contribution in [0.3, 0.4) is 0 Å². The van der Waals surface area contributed by atoms with Crippen molar-refractivity contribution in [3.8, 4) is 0 Å². The molecule has 6 heteroatoms. The Morgan fingerprint density at radius 1 is 1.20 bits per heavy atom. The standard InChI is InChI=1S/C14H17NO4S/c1-10(2)12-5-3-4-6-13(12)15-20(17,18)14-8-7-11(9-16)19-14/h3-8,10,15-16H,9H2,1-2H3. The number of anilines is 1. The largest absolute Gasteiger partial charge is 0.445 e. The molecule has 0 aliphatic heterocycles. The van der Waals surface area contributed by atoms with Crippen molar-refractivity contribution in [1.82, 2.24) is 0 Å². The lowest BCUT2D eigenvalue weighted by Gasteiger charge is -2.13. The van der Waals surface area contributed by atoms with E-state index in [4.69, 9.17) is 9.52 Å². The molecule has 0 fully saturated rings. The number of benzene rings is 1. The third-order valence-corrected chi connectivity index (χ3v) is 4.12. The topological polar surface area (TPSA) is 79.5 Å². The predicted octanol–water partition coefficient (Wildman–Crippen LogP) is 2.70. The summed E-state index contributed by atoms with van der Waals surface area (Å²) >= 11 is 0. The normalized spacial score (nSPS) is 11.8. The van der Waals surface area contributed by atoms with Crippen LogP contribution in [0.4, 0.5) is 5.69 Å². The number of aliphatic hydroxyl groups excluding tert-OH is 1. The Kier molecular flexibility index (Phi) is 4.15. The number of hydrogen-bond acceptors (Lipinski definition) is 4. The van der Waals surface area contributed by atoms with Gasteiger partial charge < -0.3 is 9.52 Å². The molecule has 2 aromatic rings. The Labute approximate surface area is 118 Å². The van der Waals surface area contributed by atoms with E-state index in [1.165, 1.54) is 12.1 Å². The lowest BCUT2D eigenvalue weighted by atomic mass is 10.0. The van der Waals surface area contributed by atoms with Crippen molar-refractivity contribution in [1.29, 1.82) is 0 Å². The molecule has 0 radical (unpaired) electrons. The van der Waals surface area contributed by atoms with Gasteiger partial charge in [0.15, 0.2) is 0 Å².